The van der Waals surface area contributed by atoms with Crippen molar-refractivity contribution in [1.29, 1.82) is 0 Å². The zero-order valence-electron chi connectivity index (χ0n) is 27.9. The minimum Gasteiger partial charge on any atom is -0.312 e. The van der Waals surface area contributed by atoms with Gasteiger partial charge >= 0.3 is 0 Å². The van der Waals surface area contributed by atoms with Crippen LogP contribution in [0.5, 0.6) is 0 Å². The van der Waals surface area contributed by atoms with Crippen LogP contribution in [-0.2, 0) is 6.42 Å². The van der Waals surface area contributed by atoms with Gasteiger partial charge in [-0.15, -0.1) is 0 Å². The van der Waals surface area contributed by atoms with E-state index in [4.69, 9.17) is 0 Å². The fraction of sp³-hybridized carbons (Fsp3) is 0.0870. The van der Waals surface area contributed by atoms with Crippen LogP contribution >= 0.6 is 0 Å². The maximum Gasteiger partial charge on any atom is 0.252 e. The Morgan fingerprint density at radius 2 is 1.20 bits per heavy atom. The Morgan fingerprint density at radius 3 is 2.04 bits per heavy atom. The molecule has 2 aliphatic heterocycles. The van der Waals surface area contributed by atoms with Crippen LogP contribution in [0.25, 0.3) is 6.08 Å². The molecule has 6 aromatic carbocycles. The highest BCUT2D eigenvalue weighted by atomic mass is 15.2. The van der Waals surface area contributed by atoms with E-state index in [9.17, 15) is 0 Å². The zero-order valence-corrected chi connectivity index (χ0v) is 27.9. The van der Waals surface area contributed by atoms with Gasteiger partial charge in [0, 0.05) is 51.2 Å². The molecular formula is C46H36BN3. The van der Waals surface area contributed by atoms with Gasteiger partial charge in [-0.2, -0.15) is 0 Å². The highest BCUT2D eigenvalue weighted by Crippen LogP contribution is 2.45. The summed E-state index contributed by atoms with van der Waals surface area (Å²) in [5.74, 6) is 0. The van der Waals surface area contributed by atoms with Crippen LogP contribution < -0.4 is 31.1 Å². The van der Waals surface area contributed by atoms with Crippen molar-refractivity contribution in [3.05, 3.63) is 181 Å². The maximum absolute atomic E-state index is 2.49. The Bertz CT molecular complexity index is 2360. The molecule has 0 unspecified atom stereocenters. The third-order valence-electron chi connectivity index (χ3n) is 10.7. The highest BCUT2D eigenvalue weighted by molar-refractivity contribution is 7.00. The second kappa shape index (κ2) is 11.9. The van der Waals surface area contributed by atoms with E-state index in [0.717, 1.165) is 42.7 Å². The first-order valence-electron chi connectivity index (χ1n) is 17.9. The average molecular weight is 642 g/mol. The summed E-state index contributed by atoms with van der Waals surface area (Å²) in [5.41, 5.74) is 17.6. The van der Waals surface area contributed by atoms with Crippen molar-refractivity contribution in [2.24, 2.45) is 0 Å². The SMILES string of the molecule is C1=CC(N2c3ccccc3B3c4ccc(N(c5ccccc5)c5ccc6c(c5)CCC=C6)cc4N(c4ccccc4)c4cccc2c43)=CCC1. The van der Waals surface area contributed by atoms with Gasteiger partial charge in [0.2, 0.25) is 0 Å². The Balaban J connectivity index is 1.21. The van der Waals surface area contributed by atoms with Gasteiger partial charge in [-0.3, -0.25) is 0 Å². The lowest BCUT2D eigenvalue weighted by atomic mass is 9.33. The molecule has 0 atom stereocenters. The molecule has 0 fully saturated rings. The number of para-hydroxylation sites is 3. The number of hydrogen-bond donors (Lipinski definition) is 0. The maximum atomic E-state index is 2.49. The van der Waals surface area contributed by atoms with Crippen molar-refractivity contribution in [3.63, 3.8) is 0 Å². The summed E-state index contributed by atoms with van der Waals surface area (Å²) < 4.78 is 0. The number of nitrogens with zero attached hydrogens (tertiary/aromatic N) is 3. The van der Waals surface area contributed by atoms with Gasteiger partial charge in [-0.05, 0) is 126 Å². The molecule has 238 valence electrons. The molecule has 4 heteroatoms. The summed E-state index contributed by atoms with van der Waals surface area (Å²) in [5, 5.41) is 0. The molecule has 4 aliphatic rings. The van der Waals surface area contributed by atoms with Crippen molar-refractivity contribution in [2.45, 2.75) is 25.7 Å². The van der Waals surface area contributed by atoms with E-state index in [1.807, 2.05) is 0 Å². The van der Waals surface area contributed by atoms with Gasteiger partial charge in [-0.1, -0.05) is 97.1 Å². The lowest BCUT2D eigenvalue weighted by Crippen LogP contribution is -2.61. The predicted molar refractivity (Wildman–Crippen MR) is 213 cm³/mol. The molecule has 0 N–H and O–H groups in total. The normalized spacial score (nSPS) is 15.1. The van der Waals surface area contributed by atoms with Crippen molar-refractivity contribution in [2.75, 3.05) is 14.7 Å². The number of allylic oxidation sites excluding steroid dienone is 4. The van der Waals surface area contributed by atoms with Gasteiger partial charge < -0.3 is 14.7 Å². The van der Waals surface area contributed by atoms with E-state index in [1.165, 1.54) is 61.6 Å². The summed E-state index contributed by atoms with van der Waals surface area (Å²) in [6.07, 6.45) is 15.9. The molecule has 0 aromatic heterocycles. The molecular weight excluding hydrogens is 605 g/mol. The zero-order chi connectivity index (χ0) is 33.0. The molecule has 0 spiro atoms. The van der Waals surface area contributed by atoms with Gasteiger partial charge in [-0.25, -0.2) is 0 Å². The molecule has 50 heavy (non-hydrogen) atoms. The van der Waals surface area contributed by atoms with Crippen LogP contribution in [0.1, 0.15) is 30.4 Å². The van der Waals surface area contributed by atoms with Crippen LogP contribution in [0.15, 0.2) is 170 Å². The van der Waals surface area contributed by atoms with Gasteiger partial charge in [0.15, 0.2) is 0 Å². The molecule has 2 aliphatic carbocycles. The second-order valence-electron chi connectivity index (χ2n) is 13.6. The summed E-state index contributed by atoms with van der Waals surface area (Å²) in [6, 6.07) is 51.7. The molecule has 10 rings (SSSR count). The molecule has 6 aromatic rings. The fourth-order valence-corrected chi connectivity index (χ4v) is 8.49. The first-order valence-corrected chi connectivity index (χ1v) is 17.9. The fourth-order valence-electron chi connectivity index (χ4n) is 8.49. The Hall–Kier alpha value is -6.00. The van der Waals surface area contributed by atoms with Gasteiger partial charge in [0.1, 0.15) is 0 Å². The Morgan fingerprint density at radius 1 is 0.500 bits per heavy atom. The third-order valence-corrected chi connectivity index (χ3v) is 10.7. The first kappa shape index (κ1) is 29.0. The summed E-state index contributed by atoms with van der Waals surface area (Å²) in [7, 11) is 0. The van der Waals surface area contributed by atoms with E-state index in [1.54, 1.807) is 0 Å². The molecule has 0 amide bonds. The Kier molecular flexibility index (Phi) is 6.87. The number of rotatable bonds is 5. The number of hydrogen-bond acceptors (Lipinski definition) is 3. The monoisotopic (exact) mass is 641 g/mol. The van der Waals surface area contributed by atoms with Gasteiger partial charge in [0.05, 0.1) is 0 Å². The highest BCUT2D eigenvalue weighted by Gasteiger charge is 2.43. The lowest BCUT2D eigenvalue weighted by Gasteiger charge is -2.44. The van der Waals surface area contributed by atoms with E-state index >= 15 is 0 Å². The number of benzene rings is 6. The standard InChI is InChI=1S/C46H36BN3/c1-4-17-35(18-5-1)48(38-28-27-33-15-10-11-16-34(33)31-38)39-29-30-41-45(32-39)50(37-21-8-3-9-22-37)44-26-14-25-43-46(44)47(41)40-23-12-13-24-42(40)49(43)36-19-6-2-7-20-36/h1,3-6,8-10,12-15,17-32H,2,7,11,16H2. The summed E-state index contributed by atoms with van der Waals surface area (Å²) in [6.45, 7) is 0.103. The smallest absolute Gasteiger partial charge is 0.252 e. The molecule has 0 saturated carbocycles. The van der Waals surface area contributed by atoms with Crippen LogP contribution in [-0.4, -0.2) is 6.71 Å². The predicted octanol–water partition coefficient (Wildman–Crippen LogP) is 10.1. The molecule has 0 radical (unpaired) electrons. The number of fused-ring (bicyclic) bond motifs is 5. The largest absolute Gasteiger partial charge is 0.312 e. The molecule has 0 saturated heterocycles. The van der Waals surface area contributed by atoms with Crippen LogP contribution in [0.2, 0.25) is 0 Å². The molecule has 0 bridgehead atoms. The molecule has 3 nitrogen and oxygen atoms in total. The minimum atomic E-state index is 0.103. The van der Waals surface area contributed by atoms with Crippen LogP contribution in [0.4, 0.5) is 45.5 Å². The van der Waals surface area contributed by atoms with Crippen molar-refractivity contribution in [3.8, 4) is 0 Å². The van der Waals surface area contributed by atoms with Crippen LogP contribution in [0, 0.1) is 0 Å². The van der Waals surface area contributed by atoms with E-state index in [2.05, 4.69) is 185 Å². The lowest BCUT2D eigenvalue weighted by molar-refractivity contribution is 0.984. The summed E-state index contributed by atoms with van der Waals surface area (Å²) in [4.78, 5) is 7.41. The number of anilines is 8. The van der Waals surface area contributed by atoms with Crippen molar-refractivity contribution >= 4 is 74.7 Å². The quantitative estimate of drug-likeness (QED) is 0.173. The average Bonchev–Trinajstić information content (AvgIpc) is 3.19. The van der Waals surface area contributed by atoms with E-state index in [-0.39, 0.29) is 6.71 Å². The number of aryl methyl sites for hydroxylation is 1. The van der Waals surface area contributed by atoms with Crippen molar-refractivity contribution in [1.82, 2.24) is 0 Å². The first-order chi connectivity index (χ1) is 24.8. The second-order valence-corrected chi connectivity index (χ2v) is 13.6. The Labute approximate surface area is 294 Å². The van der Waals surface area contributed by atoms with Crippen LogP contribution in [0.3, 0.4) is 0 Å². The topological polar surface area (TPSA) is 9.72 Å². The van der Waals surface area contributed by atoms with Crippen molar-refractivity contribution < 1.29 is 0 Å². The minimum absolute atomic E-state index is 0.103. The van der Waals surface area contributed by atoms with E-state index in [0.29, 0.717) is 0 Å². The van der Waals surface area contributed by atoms with E-state index < -0.39 is 0 Å². The molecule has 2 heterocycles. The third kappa shape index (κ3) is 4.59. The van der Waals surface area contributed by atoms with Gasteiger partial charge in [0.25, 0.3) is 6.71 Å². The summed E-state index contributed by atoms with van der Waals surface area (Å²) >= 11 is 0.